The Labute approximate surface area is 152 Å². The Morgan fingerprint density at radius 3 is 1.54 bits per heavy atom. The van der Waals surface area contributed by atoms with E-state index in [1.807, 2.05) is 0 Å². The Balaban J connectivity index is 2.25. The van der Waals surface area contributed by atoms with Gasteiger partial charge in [-0.25, -0.2) is 4.57 Å². The molecule has 2 rings (SSSR count). The van der Waals surface area contributed by atoms with Crippen LogP contribution in [0.25, 0.3) is 0 Å². The van der Waals surface area contributed by atoms with Gasteiger partial charge in [-0.15, -0.1) is 0 Å². The van der Waals surface area contributed by atoms with E-state index in [1.54, 1.807) is 0 Å². The smallest absolute Gasteiger partial charge is 0.408 e. The van der Waals surface area contributed by atoms with Crippen LogP contribution in [-0.4, -0.2) is 16.1 Å². The number of benzene rings is 2. The second kappa shape index (κ2) is 7.76. The van der Waals surface area contributed by atoms with Crippen LogP contribution >= 0.6 is 18.2 Å². The first-order chi connectivity index (χ1) is 12.1. The Kier molecular flexibility index (Phi) is 5.89. The highest BCUT2D eigenvalue weighted by atomic mass is 32.7. The first kappa shape index (κ1) is 19.7. The van der Waals surface area contributed by atoms with Gasteiger partial charge in [-0.1, -0.05) is 0 Å². The lowest BCUT2D eigenvalue weighted by atomic mass is 10.2. The number of hydrogen-bond donors (Lipinski definition) is 0. The van der Waals surface area contributed by atoms with Gasteiger partial charge < -0.3 is 9.05 Å². The molecule has 11 heteroatoms. The Hall–Kier alpha value is -2.58. The van der Waals surface area contributed by atoms with E-state index in [-0.39, 0.29) is 22.9 Å². The van der Waals surface area contributed by atoms with Crippen LogP contribution in [0.1, 0.15) is 11.1 Å². The molecule has 0 radical (unpaired) electrons. The molecule has 0 unspecified atom stereocenters. The topological polar surface area (TPSA) is 122 Å². The van der Waals surface area contributed by atoms with Crippen molar-refractivity contribution in [2.45, 2.75) is 13.8 Å². The predicted molar refractivity (Wildman–Crippen MR) is 98.0 cm³/mol. The largest absolute Gasteiger partial charge is 0.492 e. The summed E-state index contributed by atoms with van der Waals surface area (Å²) in [5, 5.41) is 21.7. The van der Waals surface area contributed by atoms with Gasteiger partial charge in [0.2, 0.25) is 0 Å². The highest BCUT2D eigenvalue weighted by Gasteiger charge is 2.28. The van der Waals surface area contributed by atoms with Gasteiger partial charge >= 0.3 is 6.80 Å². The molecule has 0 aliphatic rings. The summed E-state index contributed by atoms with van der Waals surface area (Å²) < 4.78 is 23.7. The van der Waals surface area contributed by atoms with Crippen LogP contribution < -0.4 is 9.05 Å². The molecule has 0 N–H and O–H groups in total. The van der Waals surface area contributed by atoms with E-state index in [4.69, 9.17) is 9.05 Å². The van der Waals surface area contributed by atoms with Crippen molar-refractivity contribution in [2.24, 2.45) is 0 Å². The summed E-state index contributed by atoms with van der Waals surface area (Å²) >= 11 is 0.838. The summed E-state index contributed by atoms with van der Waals surface area (Å²) in [5.41, 5.74) is 0.546. The first-order valence-electron chi connectivity index (χ1n) is 7.20. The van der Waals surface area contributed by atoms with Crippen LogP contribution in [0, 0.1) is 34.1 Å². The number of nitro benzene ring substituents is 2. The minimum absolute atomic E-state index is 0.0803. The number of nitrogens with zero attached hydrogens (tertiary/aromatic N) is 2. The molecule has 0 aliphatic heterocycles. The van der Waals surface area contributed by atoms with Crippen molar-refractivity contribution in [1.82, 2.24) is 0 Å². The molecule has 0 saturated carbocycles. The third kappa shape index (κ3) is 4.53. The van der Waals surface area contributed by atoms with Crippen molar-refractivity contribution in [3.05, 3.63) is 67.8 Å². The van der Waals surface area contributed by atoms with E-state index in [0.29, 0.717) is 11.1 Å². The number of aryl methyl sites for hydroxylation is 2. The summed E-state index contributed by atoms with van der Waals surface area (Å²) in [6, 6.07) is 7.96. The molecule has 2 aromatic rings. The van der Waals surface area contributed by atoms with E-state index in [0.717, 1.165) is 11.4 Å². The number of nitro groups is 2. The molecule has 0 aromatic heterocycles. The monoisotopic (exact) mass is 398 g/mol. The Morgan fingerprint density at radius 1 is 0.885 bits per heavy atom. The minimum atomic E-state index is -3.68. The quantitative estimate of drug-likeness (QED) is 0.361. The molecule has 0 amide bonds. The number of rotatable bonds is 7. The van der Waals surface area contributed by atoms with Crippen molar-refractivity contribution in [3.8, 4) is 11.5 Å². The molecule has 0 aliphatic carbocycles. The zero-order chi connectivity index (χ0) is 19.5. The molecule has 0 saturated heterocycles. The van der Waals surface area contributed by atoms with Gasteiger partial charge in [0, 0.05) is 23.3 Å². The van der Waals surface area contributed by atoms with Gasteiger partial charge in [-0.3, -0.25) is 20.2 Å². The maximum atomic E-state index is 12.8. The standard InChI is InChI=1S/C15H15N2O7PS/c1-10-8-12(4-6-14(10)16(18)19)23-25(22,26-3)24-13-5-7-15(17(20)21)11(2)9-13/h4-9H,1-3H3. The molecule has 0 bridgehead atoms. The minimum Gasteiger partial charge on any atom is -0.408 e. The molecule has 0 spiro atoms. The van der Waals surface area contributed by atoms with Crippen molar-refractivity contribution >= 4 is 29.6 Å². The maximum absolute atomic E-state index is 12.8. The van der Waals surface area contributed by atoms with Gasteiger partial charge in [-0.05, 0) is 55.8 Å². The molecular weight excluding hydrogens is 383 g/mol. The van der Waals surface area contributed by atoms with Crippen LogP contribution in [0.3, 0.4) is 0 Å². The van der Waals surface area contributed by atoms with E-state index in [2.05, 4.69) is 0 Å². The van der Waals surface area contributed by atoms with Crippen molar-refractivity contribution in [1.29, 1.82) is 0 Å². The van der Waals surface area contributed by atoms with Gasteiger partial charge in [0.25, 0.3) is 11.4 Å². The second-order valence-corrected chi connectivity index (χ2v) is 9.28. The fraction of sp³-hybridized carbons (Fsp3) is 0.200. The fourth-order valence-corrected chi connectivity index (χ4v) is 4.02. The highest BCUT2D eigenvalue weighted by molar-refractivity contribution is 8.55. The lowest BCUT2D eigenvalue weighted by molar-refractivity contribution is -0.385. The molecular formula is C15H15N2O7PS. The molecule has 138 valence electrons. The summed E-state index contributed by atoms with van der Waals surface area (Å²) in [6.07, 6.45) is 1.53. The van der Waals surface area contributed by atoms with Crippen LogP contribution in [0.15, 0.2) is 36.4 Å². The van der Waals surface area contributed by atoms with E-state index in [9.17, 15) is 24.8 Å². The predicted octanol–water partition coefficient (Wildman–Crippen LogP) is 5.05. The van der Waals surface area contributed by atoms with Crippen LogP contribution in [-0.2, 0) is 4.57 Å². The van der Waals surface area contributed by atoms with Gasteiger partial charge in [0.05, 0.1) is 9.85 Å². The maximum Gasteiger partial charge on any atom is 0.492 e. The average molecular weight is 398 g/mol. The molecule has 26 heavy (non-hydrogen) atoms. The highest BCUT2D eigenvalue weighted by Crippen LogP contribution is 2.58. The molecule has 2 aromatic carbocycles. The van der Waals surface area contributed by atoms with Crippen LogP contribution in [0.2, 0.25) is 0 Å². The average Bonchev–Trinajstić information content (AvgIpc) is 2.54. The van der Waals surface area contributed by atoms with Crippen molar-refractivity contribution in [3.63, 3.8) is 0 Å². The van der Waals surface area contributed by atoms with Crippen molar-refractivity contribution < 1.29 is 23.5 Å². The zero-order valence-corrected chi connectivity index (χ0v) is 15.8. The number of hydrogen-bond acceptors (Lipinski definition) is 8. The summed E-state index contributed by atoms with van der Waals surface area (Å²) in [7, 11) is 0. The third-order valence-corrected chi connectivity index (χ3v) is 6.49. The van der Waals surface area contributed by atoms with E-state index < -0.39 is 16.6 Å². The fourth-order valence-electron chi connectivity index (χ4n) is 2.13. The third-order valence-electron chi connectivity index (χ3n) is 3.39. The SMILES string of the molecule is CSP(=O)(Oc1ccc([N+](=O)[O-])c(C)c1)Oc1ccc([N+](=O)[O-])c(C)c1. The second-order valence-electron chi connectivity index (χ2n) is 5.22. The lowest BCUT2D eigenvalue weighted by Gasteiger charge is -2.18. The molecule has 0 heterocycles. The van der Waals surface area contributed by atoms with Crippen LogP contribution in [0.5, 0.6) is 11.5 Å². The Morgan fingerprint density at radius 2 is 1.27 bits per heavy atom. The Bertz CT molecular complexity index is 849. The van der Waals surface area contributed by atoms with Gasteiger partial charge in [0.1, 0.15) is 11.5 Å². The van der Waals surface area contributed by atoms with E-state index >= 15 is 0 Å². The van der Waals surface area contributed by atoms with Gasteiger partial charge in [-0.2, -0.15) is 0 Å². The van der Waals surface area contributed by atoms with E-state index in [1.165, 1.54) is 56.5 Å². The molecule has 0 atom stereocenters. The summed E-state index contributed by atoms with van der Waals surface area (Å²) in [4.78, 5) is 20.7. The zero-order valence-electron chi connectivity index (χ0n) is 14.1. The van der Waals surface area contributed by atoms with Gasteiger partial charge in [0.15, 0.2) is 0 Å². The first-order valence-corrected chi connectivity index (χ1v) is 10.6. The summed E-state index contributed by atoms with van der Waals surface area (Å²) in [5.74, 6) is 0.314. The normalized spacial score (nSPS) is 11.0. The van der Waals surface area contributed by atoms with Crippen molar-refractivity contribution in [2.75, 3.05) is 6.26 Å². The lowest BCUT2D eigenvalue weighted by Crippen LogP contribution is -1.99. The van der Waals surface area contributed by atoms with Crippen LogP contribution in [0.4, 0.5) is 11.4 Å². The summed E-state index contributed by atoms with van der Waals surface area (Å²) in [6.45, 7) is -0.610. The molecule has 9 nitrogen and oxygen atoms in total. The molecule has 0 fully saturated rings.